The van der Waals surface area contributed by atoms with E-state index in [1.54, 1.807) is 35.2 Å². The van der Waals surface area contributed by atoms with Crippen LogP contribution in [0.3, 0.4) is 0 Å². The lowest BCUT2D eigenvalue weighted by Gasteiger charge is -2.36. The van der Waals surface area contributed by atoms with Crippen molar-refractivity contribution < 1.29 is 19.6 Å². The van der Waals surface area contributed by atoms with Gasteiger partial charge in [0.1, 0.15) is 0 Å². The molecule has 1 aliphatic rings. The summed E-state index contributed by atoms with van der Waals surface area (Å²) < 4.78 is 0. The van der Waals surface area contributed by atoms with Gasteiger partial charge in [0, 0.05) is 48.9 Å². The highest BCUT2D eigenvalue weighted by molar-refractivity contribution is 8.00. The Balaban J connectivity index is 1.53. The molecule has 0 unspecified atom stereocenters. The van der Waals surface area contributed by atoms with E-state index < -0.39 is 10.9 Å². The summed E-state index contributed by atoms with van der Waals surface area (Å²) in [6.07, 6.45) is 0. The first-order valence-electron chi connectivity index (χ1n) is 8.68. The van der Waals surface area contributed by atoms with E-state index in [0.29, 0.717) is 31.1 Å². The van der Waals surface area contributed by atoms with Crippen LogP contribution in [0.5, 0.6) is 0 Å². The average molecular weight is 401 g/mol. The second kappa shape index (κ2) is 8.75. The first-order valence-corrected chi connectivity index (χ1v) is 9.66. The molecule has 9 heteroatoms. The van der Waals surface area contributed by atoms with E-state index in [0.717, 1.165) is 5.69 Å². The number of thioether (sulfide) groups is 1. The summed E-state index contributed by atoms with van der Waals surface area (Å²) in [5.41, 5.74) is 1.14. The number of aromatic carboxylic acids is 1. The van der Waals surface area contributed by atoms with Crippen molar-refractivity contribution in [3.8, 4) is 0 Å². The maximum atomic E-state index is 12.5. The van der Waals surface area contributed by atoms with Gasteiger partial charge >= 0.3 is 5.97 Å². The Kier molecular flexibility index (Phi) is 6.15. The van der Waals surface area contributed by atoms with Crippen LogP contribution in [0.1, 0.15) is 10.4 Å². The minimum atomic E-state index is -1.01. The highest BCUT2D eigenvalue weighted by Crippen LogP contribution is 2.24. The largest absolute Gasteiger partial charge is 0.478 e. The van der Waals surface area contributed by atoms with E-state index in [-0.39, 0.29) is 22.9 Å². The molecule has 1 saturated heterocycles. The first kappa shape index (κ1) is 19.7. The van der Waals surface area contributed by atoms with Gasteiger partial charge in [-0.05, 0) is 24.3 Å². The Morgan fingerprint density at radius 1 is 1.04 bits per heavy atom. The molecule has 0 bridgehead atoms. The fourth-order valence-electron chi connectivity index (χ4n) is 3.00. The fraction of sp³-hybridized carbons (Fsp3) is 0.263. The van der Waals surface area contributed by atoms with Crippen LogP contribution in [0.25, 0.3) is 0 Å². The molecule has 0 aromatic heterocycles. The van der Waals surface area contributed by atoms with Gasteiger partial charge in [0.05, 0.1) is 16.2 Å². The number of amides is 1. The smallest absolute Gasteiger partial charge is 0.336 e. The van der Waals surface area contributed by atoms with Crippen LogP contribution in [0.15, 0.2) is 53.4 Å². The van der Waals surface area contributed by atoms with Crippen molar-refractivity contribution >= 4 is 35.0 Å². The Bertz CT molecular complexity index is 879. The summed E-state index contributed by atoms with van der Waals surface area (Å²) in [5, 5.41) is 20.0. The fourth-order valence-corrected chi connectivity index (χ4v) is 3.95. The van der Waals surface area contributed by atoms with Crippen LogP contribution in [-0.2, 0) is 4.79 Å². The van der Waals surface area contributed by atoms with Crippen LogP contribution in [-0.4, -0.2) is 58.7 Å². The molecule has 0 spiro atoms. The van der Waals surface area contributed by atoms with Gasteiger partial charge in [-0.3, -0.25) is 14.9 Å². The summed E-state index contributed by atoms with van der Waals surface area (Å²) in [4.78, 5) is 38.5. The quantitative estimate of drug-likeness (QED) is 0.451. The van der Waals surface area contributed by atoms with Crippen LogP contribution >= 0.6 is 11.8 Å². The number of nitrogens with zero attached hydrogens (tertiary/aromatic N) is 3. The van der Waals surface area contributed by atoms with E-state index >= 15 is 0 Å². The third-order valence-corrected chi connectivity index (χ3v) is 5.58. The van der Waals surface area contributed by atoms with Crippen molar-refractivity contribution in [2.45, 2.75) is 4.90 Å². The summed E-state index contributed by atoms with van der Waals surface area (Å²) in [6, 6.07) is 13.0. The number of benzene rings is 2. The lowest BCUT2D eigenvalue weighted by molar-refractivity contribution is -0.384. The lowest BCUT2D eigenvalue weighted by Crippen LogP contribution is -2.49. The summed E-state index contributed by atoms with van der Waals surface area (Å²) >= 11 is 1.23. The Hall–Kier alpha value is -3.07. The summed E-state index contributed by atoms with van der Waals surface area (Å²) in [7, 11) is 0. The van der Waals surface area contributed by atoms with E-state index in [4.69, 9.17) is 0 Å². The molecule has 8 nitrogen and oxygen atoms in total. The molecule has 0 saturated carbocycles. The number of carboxylic acids is 1. The monoisotopic (exact) mass is 401 g/mol. The number of piperazine rings is 1. The zero-order valence-electron chi connectivity index (χ0n) is 15.0. The Morgan fingerprint density at radius 3 is 2.29 bits per heavy atom. The third kappa shape index (κ3) is 4.61. The Morgan fingerprint density at radius 2 is 1.68 bits per heavy atom. The molecule has 1 fully saturated rings. The molecular weight excluding hydrogens is 382 g/mol. The second-order valence-corrected chi connectivity index (χ2v) is 7.25. The minimum absolute atomic E-state index is 0.0338. The van der Waals surface area contributed by atoms with Crippen LogP contribution in [0, 0.1) is 10.1 Å². The number of carboxylic acid groups (broad SMARTS) is 1. The normalized spacial score (nSPS) is 14.0. The van der Waals surface area contributed by atoms with Gasteiger partial charge in [0.15, 0.2) is 0 Å². The molecule has 0 radical (unpaired) electrons. The Labute approximate surface area is 165 Å². The van der Waals surface area contributed by atoms with Crippen LogP contribution in [0.4, 0.5) is 11.4 Å². The molecule has 146 valence electrons. The number of carbonyl (C=O) groups excluding carboxylic acids is 1. The van der Waals surface area contributed by atoms with E-state index in [9.17, 15) is 24.8 Å². The number of hydrogen-bond donors (Lipinski definition) is 1. The maximum absolute atomic E-state index is 12.5. The molecule has 2 aromatic carbocycles. The van der Waals surface area contributed by atoms with E-state index in [1.807, 2.05) is 0 Å². The predicted molar refractivity (Wildman–Crippen MR) is 106 cm³/mol. The molecular formula is C19H19N3O5S. The minimum Gasteiger partial charge on any atom is -0.478 e. The van der Waals surface area contributed by atoms with Crippen molar-refractivity contribution in [2.75, 3.05) is 36.8 Å². The molecule has 3 rings (SSSR count). The zero-order valence-corrected chi connectivity index (χ0v) is 15.8. The number of nitro groups is 1. The SMILES string of the molecule is O=C(O)c1ccccc1SCC(=O)N1CCN(c2ccc([N+](=O)[O-])cc2)CC1. The molecule has 28 heavy (non-hydrogen) atoms. The first-order chi connectivity index (χ1) is 13.5. The number of hydrogen-bond acceptors (Lipinski definition) is 6. The molecule has 0 atom stereocenters. The predicted octanol–water partition coefficient (Wildman–Crippen LogP) is 2.73. The highest BCUT2D eigenvalue weighted by Gasteiger charge is 2.22. The van der Waals surface area contributed by atoms with Crippen molar-refractivity contribution in [3.63, 3.8) is 0 Å². The van der Waals surface area contributed by atoms with Crippen LogP contribution in [0.2, 0.25) is 0 Å². The van der Waals surface area contributed by atoms with Gasteiger partial charge in [-0.15, -0.1) is 11.8 Å². The number of rotatable bonds is 6. The van der Waals surface area contributed by atoms with Crippen molar-refractivity contribution in [2.24, 2.45) is 0 Å². The van der Waals surface area contributed by atoms with Gasteiger partial charge in [0.25, 0.3) is 5.69 Å². The molecule has 2 aromatic rings. The van der Waals surface area contributed by atoms with Crippen molar-refractivity contribution in [1.29, 1.82) is 0 Å². The molecule has 1 N–H and O–H groups in total. The number of carbonyl (C=O) groups is 2. The molecule has 1 aliphatic heterocycles. The summed E-state index contributed by atoms with van der Waals surface area (Å²) in [5.74, 6) is -0.859. The molecule has 1 amide bonds. The molecule has 1 heterocycles. The highest BCUT2D eigenvalue weighted by atomic mass is 32.2. The van der Waals surface area contributed by atoms with Crippen molar-refractivity contribution in [1.82, 2.24) is 4.90 Å². The van der Waals surface area contributed by atoms with Crippen molar-refractivity contribution in [3.05, 3.63) is 64.2 Å². The van der Waals surface area contributed by atoms with Gasteiger partial charge in [-0.1, -0.05) is 12.1 Å². The average Bonchev–Trinajstić information content (AvgIpc) is 2.72. The van der Waals surface area contributed by atoms with Gasteiger partial charge in [-0.25, -0.2) is 4.79 Å². The number of non-ortho nitro benzene ring substituents is 1. The second-order valence-electron chi connectivity index (χ2n) is 6.23. The zero-order chi connectivity index (χ0) is 20.1. The van der Waals surface area contributed by atoms with Gasteiger partial charge < -0.3 is 14.9 Å². The summed E-state index contributed by atoms with van der Waals surface area (Å²) in [6.45, 7) is 2.38. The topological polar surface area (TPSA) is 104 Å². The number of anilines is 1. The number of nitro benzene ring substituents is 1. The van der Waals surface area contributed by atoms with Crippen LogP contribution < -0.4 is 4.90 Å². The van der Waals surface area contributed by atoms with Gasteiger partial charge in [0.2, 0.25) is 5.91 Å². The van der Waals surface area contributed by atoms with E-state index in [2.05, 4.69) is 4.90 Å². The standard InChI is InChI=1S/C19H19N3O5S/c23-18(13-28-17-4-2-1-3-16(17)19(24)25)21-11-9-20(10-12-21)14-5-7-15(8-6-14)22(26)27/h1-8H,9-13H2,(H,24,25). The maximum Gasteiger partial charge on any atom is 0.336 e. The lowest BCUT2D eigenvalue weighted by atomic mass is 10.2. The van der Waals surface area contributed by atoms with E-state index in [1.165, 1.54) is 30.0 Å². The van der Waals surface area contributed by atoms with Gasteiger partial charge in [-0.2, -0.15) is 0 Å². The molecule has 0 aliphatic carbocycles. The third-order valence-electron chi connectivity index (χ3n) is 4.53.